The number of carbonyl (C=O) groups excluding carboxylic acids is 2. The molecule has 35 heavy (non-hydrogen) atoms. The second-order valence-corrected chi connectivity index (χ2v) is 9.94. The number of fused-ring (bicyclic) bond motifs is 1. The molecule has 10 heteroatoms. The number of carbonyl (C=O) groups is 2. The number of amides is 2. The van der Waals surface area contributed by atoms with Gasteiger partial charge < -0.3 is 26.0 Å². The molecule has 1 atom stereocenters. The molecule has 0 spiro atoms. The van der Waals surface area contributed by atoms with Crippen LogP contribution in [0.5, 0.6) is 5.88 Å². The number of aromatic nitrogens is 1. The van der Waals surface area contributed by atoms with E-state index in [4.69, 9.17) is 10.5 Å². The lowest BCUT2D eigenvalue weighted by Gasteiger charge is -2.29. The van der Waals surface area contributed by atoms with E-state index in [1.54, 1.807) is 13.2 Å². The standard InChI is InChI=1S/C25H32N6O3S/c1-27-15-18(14-26)29-23(32)20(13-17-5-2-3-6-17)30-24(33)22-9-8-19(35-22)16-31-11-12-34-25-21(31)7-4-10-28-25/h4,7-10,14-15,17,20H,2-3,5-6,11-13,16,26H2,1H3,(H,29,32)(H,30,33)/b18-14+,27-15?. The fourth-order valence-corrected chi connectivity index (χ4v) is 5.50. The van der Waals surface area contributed by atoms with Crippen molar-refractivity contribution in [3.63, 3.8) is 0 Å². The number of allylic oxidation sites excluding steroid dienone is 1. The predicted octanol–water partition coefficient (Wildman–Crippen LogP) is 2.84. The van der Waals surface area contributed by atoms with Gasteiger partial charge in [-0.05, 0) is 36.6 Å². The Balaban J connectivity index is 1.43. The Morgan fingerprint density at radius 3 is 2.94 bits per heavy atom. The first-order valence-electron chi connectivity index (χ1n) is 11.9. The van der Waals surface area contributed by atoms with E-state index in [1.807, 2.05) is 24.3 Å². The molecule has 2 amide bonds. The summed E-state index contributed by atoms with van der Waals surface area (Å²) < 4.78 is 5.63. The molecule has 4 N–H and O–H groups in total. The van der Waals surface area contributed by atoms with Gasteiger partial charge >= 0.3 is 0 Å². The van der Waals surface area contributed by atoms with Gasteiger partial charge in [0, 0.05) is 30.5 Å². The van der Waals surface area contributed by atoms with Crippen LogP contribution in [0.1, 0.15) is 46.7 Å². The molecule has 186 valence electrons. The maximum Gasteiger partial charge on any atom is 0.262 e. The predicted molar refractivity (Wildman–Crippen MR) is 138 cm³/mol. The summed E-state index contributed by atoms with van der Waals surface area (Å²) in [6.07, 6.45) is 9.59. The zero-order valence-electron chi connectivity index (χ0n) is 19.9. The highest BCUT2D eigenvalue weighted by Crippen LogP contribution is 2.31. The zero-order valence-corrected chi connectivity index (χ0v) is 20.7. The van der Waals surface area contributed by atoms with Crippen molar-refractivity contribution < 1.29 is 14.3 Å². The second kappa shape index (κ2) is 11.8. The Morgan fingerprint density at radius 1 is 1.34 bits per heavy atom. The number of ether oxygens (including phenoxy) is 1. The first-order chi connectivity index (χ1) is 17.1. The van der Waals surface area contributed by atoms with Crippen LogP contribution in [-0.4, -0.2) is 49.3 Å². The molecule has 1 unspecified atom stereocenters. The maximum absolute atomic E-state index is 13.1. The molecule has 0 aromatic carbocycles. The van der Waals surface area contributed by atoms with E-state index in [2.05, 4.69) is 25.5 Å². The van der Waals surface area contributed by atoms with Crippen molar-refractivity contribution in [2.24, 2.45) is 16.6 Å². The Kier molecular flexibility index (Phi) is 8.36. The topological polar surface area (TPSA) is 122 Å². The number of hydrogen-bond donors (Lipinski definition) is 3. The average molecular weight is 497 g/mol. The van der Waals surface area contributed by atoms with E-state index in [1.165, 1.54) is 23.8 Å². The van der Waals surface area contributed by atoms with Crippen LogP contribution in [0.25, 0.3) is 0 Å². The van der Waals surface area contributed by atoms with E-state index >= 15 is 0 Å². The SMILES string of the molecule is CN=C/C(=C\N)NC(=O)C(CC1CCCC1)NC(=O)c1ccc(CN2CCOc3ncccc32)s1. The highest BCUT2D eigenvalue weighted by Gasteiger charge is 2.28. The fourth-order valence-electron chi connectivity index (χ4n) is 4.57. The molecule has 0 saturated heterocycles. The fraction of sp³-hybridized carbons (Fsp3) is 0.440. The summed E-state index contributed by atoms with van der Waals surface area (Å²) in [6.45, 7) is 1.98. The molecule has 0 radical (unpaired) electrons. The third-order valence-electron chi connectivity index (χ3n) is 6.30. The van der Waals surface area contributed by atoms with Crippen molar-refractivity contribution in [3.8, 4) is 5.88 Å². The maximum atomic E-state index is 13.1. The number of rotatable bonds is 9. The van der Waals surface area contributed by atoms with E-state index in [0.29, 0.717) is 41.9 Å². The van der Waals surface area contributed by atoms with Crippen LogP contribution < -0.4 is 26.0 Å². The summed E-state index contributed by atoms with van der Waals surface area (Å²) in [5.74, 6) is 0.528. The highest BCUT2D eigenvalue weighted by atomic mass is 32.1. The van der Waals surface area contributed by atoms with E-state index in [-0.39, 0.29) is 11.8 Å². The Bertz CT molecular complexity index is 1090. The van der Waals surface area contributed by atoms with Gasteiger partial charge in [-0.2, -0.15) is 0 Å². The average Bonchev–Trinajstić information content (AvgIpc) is 3.56. The first kappa shape index (κ1) is 24.7. The highest BCUT2D eigenvalue weighted by molar-refractivity contribution is 7.14. The number of nitrogens with two attached hydrogens (primary N) is 1. The van der Waals surface area contributed by atoms with Crippen LogP contribution in [0.15, 0.2) is 47.4 Å². The third kappa shape index (κ3) is 6.39. The van der Waals surface area contributed by atoms with Crippen molar-refractivity contribution in [2.75, 3.05) is 25.1 Å². The zero-order chi connectivity index (χ0) is 24.6. The second-order valence-electron chi connectivity index (χ2n) is 8.77. The summed E-state index contributed by atoms with van der Waals surface area (Å²) in [6, 6.07) is 7.01. The van der Waals surface area contributed by atoms with Gasteiger partial charge in [-0.25, -0.2) is 4.98 Å². The molecule has 1 saturated carbocycles. The summed E-state index contributed by atoms with van der Waals surface area (Å²) in [7, 11) is 1.61. The van der Waals surface area contributed by atoms with Crippen molar-refractivity contribution in [1.82, 2.24) is 15.6 Å². The largest absolute Gasteiger partial charge is 0.474 e. The minimum atomic E-state index is -0.645. The molecule has 2 aromatic rings. The van der Waals surface area contributed by atoms with Gasteiger partial charge in [0.1, 0.15) is 18.3 Å². The summed E-state index contributed by atoms with van der Waals surface area (Å²) in [5.41, 5.74) is 6.96. The minimum absolute atomic E-state index is 0.245. The van der Waals surface area contributed by atoms with Crippen LogP contribution in [0.3, 0.4) is 0 Å². The summed E-state index contributed by atoms with van der Waals surface area (Å²) >= 11 is 1.43. The number of nitrogens with one attached hydrogen (secondary N) is 2. The van der Waals surface area contributed by atoms with Crippen molar-refractivity contribution in [1.29, 1.82) is 0 Å². The molecule has 3 heterocycles. The number of nitrogens with zero attached hydrogens (tertiary/aromatic N) is 3. The summed E-state index contributed by atoms with van der Waals surface area (Å²) in [4.78, 5) is 38.2. The molecule has 2 aromatic heterocycles. The van der Waals surface area contributed by atoms with Crippen molar-refractivity contribution in [3.05, 3.63) is 52.1 Å². The molecule has 0 bridgehead atoms. The molecule has 2 aliphatic rings. The molecule has 1 aliphatic carbocycles. The molecular formula is C25H32N6O3S. The van der Waals surface area contributed by atoms with Crippen LogP contribution in [0.2, 0.25) is 0 Å². The van der Waals surface area contributed by atoms with Gasteiger partial charge in [-0.1, -0.05) is 25.7 Å². The van der Waals surface area contributed by atoms with Crippen LogP contribution in [0, 0.1) is 5.92 Å². The van der Waals surface area contributed by atoms with Gasteiger partial charge in [-0.15, -0.1) is 11.3 Å². The van der Waals surface area contributed by atoms with Gasteiger partial charge in [0.25, 0.3) is 5.91 Å². The van der Waals surface area contributed by atoms with Crippen LogP contribution in [0.4, 0.5) is 5.69 Å². The van der Waals surface area contributed by atoms with Gasteiger partial charge in [0.2, 0.25) is 11.8 Å². The quantitative estimate of drug-likeness (QED) is 0.459. The molecule has 1 fully saturated rings. The van der Waals surface area contributed by atoms with Gasteiger partial charge in [0.15, 0.2) is 0 Å². The molecule has 4 rings (SSSR count). The lowest BCUT2D eigenvalue weighted by Crippen LogP contribution is -2.47. The van der Waals surface area contributed by atoms with E-state index in [9.17, 15) is 9.59 Å². The normalized spacial score (nSPS) is 17.2. The molecular weight excluding hydrogens is 464 g/mol. The Hall–Kier alpha value is -3.40. The van der Waals surface area contributed by atoms with Crippen LogP contribution in [-0.2, 0) is 11.3 Å². The molecule has 9 nitrogen and oxygen atoms in total. The number of thiophene rings is 1. The lowest BCUT2D eigenvalue weighted by atomic mass is 9.97. The first-order valence-corrected chi connectivity index (χ1v) is 12.8. The number of hydrogen-bond acceptors (Lipinski definition) is 8. The van der Waals surface area contributed by atoms with Gasteiger partial charge in [-0.3, -0.25) is 14.6 Å². The Morgan fingerprint density at radius 2 is 2.17 bits per heavy atom. The van der Waals surface area contributed by atoms with E-state index < -0.39 is 6.04 Å². The third-order valence-corrected chi connectivity index (χ3v) is 7.37. The smallest absolute Gasteiger partial charge is 0.262 e. The number of pyridine rings is 1. The number of anilines is 1. The van der Waals surface area contributed by atoms with Crippen molar-refractivity contribution >= 4 is 35.1 Å². The Labute approximate surface area is 209 Å². The van der Waals surface area contributed by atoms with Gasteiger partial charge in [0.05, 0.1) is 23.7 Å². The van der Waals surface area contributed by atoms with Crippen LogP contribution >= 0.6 is 11.3 Å². The number of aliphatic imine (C=N–C) groups is 1. The van der Waals surface area contributed by atoms with E-state index in [0.717, 1.165) is 42.8 Å². The minimum Gasteiger partial charge on any atom is -0.474 e. The van der Waals surface area contributed by atoms with Crippen molar-refractivity contribution in [2.45, 2.75) is 44.7 Å². The molecule has 1 aliphatic heterocycles. The summed E-state index contributed by atoms with van der Waals surface area (Å²) in [5, 5.41) is 5.75. The monoisotopic (exact) mass is 496 g/mol. The lowest BCUT2D eigenvalue weighted by molar-refractivity contribution is -0.122.